The van der Waals surface area contributed by atoms with Crippen molar-refractivity contribution in [1.82, 2.24) is 14.9 Å². The van der Waals surface area contributed by atoms with Crippen molar-refractivity contribution in [2.45, 2.75) is 31.3 Å². The molecule has 0 saturated heterocycles. The summed E-state index contributed by atoms with van der Waals surface area (Å²) in [4.78, 5) is 22.9. The van der Waals surface area contributed by atoms with Gasteiger partial charge in [-0.25, -0.2) is 8.42 Å². The zero-order valence-corrected chi connectivity index (χ0v) is 17.0. The van der Waals surface area contributed by atoms with Crippen LogP contribution in [0.4, 0.5) is 0 Å². The lowest BCUT2D eigenvalue weighted by molar-refractivity contribution is -0.132. The SMILES string of the molecule is Cc1ccc(S(=O)(=O)CCC(=O)N(Cc2ccncc2)Cc2cccnc2)cc1. The largest absolute Gasteiger partial charge is 0.334 e. The number of carbonyl (C=O) groups is 1. The molecule has 150 valence electrons. The van der Waals surface area contributed by atoms with Crippen LogP contribution < -0.4 is 0 Å². The summed E-state index contributed by atoms with van der Waals surface area (Å²) in [6, 6.07) is 14.1. The van der Waals surface area contributed by atoms with Crippen LogP contribution in [0.3, 0.4) is 0 Å². The molecule has 0 aliphatic heterocycles. The lowest BCUT2D eigenvalue weighted by atomic mass is 10.2. The van der Waals surface area contributed by atoms with Crippen molar-refractivity contribution in [2.24, 2.45) is 0 Å². The van der Waals surface area contributed by atoms with Crippen LogP contribution in [-0.2, 0) is 27.7 Å². The highest BCUT2D eigenvalue weighted by Gasteiger charge is 2.20. The van der Waals surface area contributed by atoms with Gasteiger partial charge in [-0.15, -0.1) is 0 Å². The Labute approximate surface area is 171 Å². The van der Waals surface area contributed by atoms with Gasteiger partial charge in [0.15, 0.2) is 9.84 Å². The maximum absolute atomic E-state index is 12.9. The summed E-state index contributed by atoms with van der Waals surface area (Å²) in [6.45, 7) is 2.63. The molecule has 2 aromatic heterocycles. The first-order valence-electron chi connectivity index (χ1n) is 9.29. The average molecular weight is 410 g/mol. The van der Waals surface area contributed by atoms with Crippen molar-refractivity contribution in [1.29, 1.82) is 0 Å². The van der Waals surface area contributed by atoms with E-state index >= 15 is 0 Å². The van der Waals surface area contributed by atoms with Crippen LogP contribution in [0.1, 0.15) is 23.1 Å². The zero-order chi connectivity index (χ0) is 20.7. The Morgan fingerprint density at radius 2 is 1.59 bits per heavy atom. The quantitative estimate of drug-likeness (QED) is 0.571. The van der Waals surface area contributed by atoms with Gasteiger partial charge in [0, 0.05) is 44.3 Å². The number of benzene rings is 1. The minimum atomic E-state index is -3.52. The van der Waals surface area contributed by atoms with E-state index in [1.54, 1.807) is 54.0 Å². The molecule has 7 heteroatoms. The van der Waals surface area contributed by atoms with Crippen molar-refractivity contribution < 1.29 is 13.2 Å². The van der Waals surface area contributed by atoms with E-state index < -0.39 is 9.84 Å². The highest BCUT2D eigenvalue weighted by Crippen LogP contribution is 2.15. The number of pyridine rings is 2. The number of carbonyl (C=O) groups excluding carboxylic acids is 1. The van der Waals surface area contributed by atoms with E-state index in [0.29, 0.717) is 13.1 Å². The van der Waals surface area contributed by atoms with Crippen LogP contribution in [-0.4, -0.2) is 34.9 Å². The highest BCUT2D eigenvalue weighted by molar-refractivity contribution is 7.91. The van der Waals surface area contributed by atoms with Crippen molar-refractivity contribution in [3.63, 3.8) is 0 Å². The van der Waals surface area contributed by atoms with Crippen LogP contribution in [0, 0.1) is 6.92 Å². The second-order valence-corrected chi connectivity index (χ2v) is 8.96. The third-order valence-electron chi connectivity index (χ3n) is 4.54. The van der Waals surface area contributed by atoms with Crippen LogP contribution in [0.5, 0.6) is 0 Å². The molecule has 1 amide bonds. The van der Waals surface area contributed by atoms with Gasteiger partial charge in [-0.1, -0.05) is 23.8 Å². The van der Waals surface area contributed by atoms with Gasteiger partial charge >= 0.3 is 0 Å². The Hall–Kier alpha value is -3.06. The molecule has 0 aliphatic carbocycles. The molecule has 0 aliphatic rings. The highest BCUT2D eigenvalue weighted by atomic mass is 32.2. The van der Waals surface area contributed by atoms with Crippen LogP contribution in [0.15, 0.2) is 78.2 Å². The fraction of sp³-hybridized carbons (Fsp3) is 0.227. The smallest absolute Gasteiger partial charge is 0.224 e. The molecule has 0 spiro atoms. The summed E-state index contributed by atoms with van der Waals surface area (Å²) in [5, 5.41) is 0. The standard InChI is InChI=1S/C22H23N3O3S/c1-18-4-6-21(7-5-18)29(27,28)14-10-22(26)25(16-19-8-12-23-13-9-19)17-20-3-2-11-24-15-20/h2-9,11-13,15H,10,14,16-17H2,1H3. The van der Waals surface area contributed by atoms with Crippen molar-refractivity contribution in [3.05, 3.63) is 90.0 Å². The van der Waals surface area contributed by atoms with E-state index in [1.807, 2.05) is 31.2 Å². The number of aryl methyl sites for hydroxylation is 1. The third kappa shape index (κ3) is 5.96. The summed E-state index contributed by atoms with van der Waals surface area (Å²) in [6.07, 6.45) is 6.64. The Balaban J connectivity index is 1.72. The summed E-state index contributed by atoms with van der Waals surface area (Å²) in [5.74, 6) is -0.448. The fourth-order valence-corrected chi connectivity index (χ4v) is 4.13. The van der Waals surface area contributed by atoms with Crippen molar-refractivity contribution in [2.75, 3.05) is 5.75 Å². The molecule has 0 atom stereocenters. The number of nitrogens with zero attached hydrogens (tertiary/aromatic N) is 3. The lowest BCUT2D eigenvalue weighted by Crippen LogP contribution is -2.31. The van der Waals surface area contributed by atoms with Crippen molar-refractivity contribution >= 4 is 15.7 Å². The molecule has 0 saturated carbocycles. The Morgan fingerprint density at radius 1 is 0.897 bits per heavy atom. The number of amides is 1. The number of rotatable bonds is 8. The monoisotopic (exact) mass is 409 g/mol. The van der Waals surface area contributed by atoms with Crippen LogP contribution in [0.2, 0.25) is 0 Å². The second-order valence-electron chi connectivity index (χ2n) is 6.85. The maximum atomic E-state index is 12.9. The second kappa shape index (κ2) is 9.43. The van der Waals surface area contributed by atoms with Gasteiger partial charge < -0.3 is 4.90 Å². The summed E-state index contributed by atoms with van der Waals surface area (Å²) in [7, 11) is -3.52. The molecule has 3 aromatic rings. The minimum Gasteiger partial charge on any atom is -0.334 e. The predicted octanol–water partition coefficient (Wildman–Crippen LogP) is 3.18. The Bertz CT molecular complexity index is 996. The molecular formula is C22H23N3O3S. The normalized spacial score (nSPS) is 11.2. The van der Waals surface area contributed by atoms with E-state index in [1.165, 1.54) is 0 Å². The molecule has 0 N–H and O–H groups in total. The Morgan fingerprint density at radius 3 is 2.24 bits per heavy atom. The molecule has 3 rings (SSSR count). The van der Waals surface area contributed by atoms with Crippen LogP contribution >= 0.6 is 0 Å². The molecule has 6 nitrogen and oxygen atoms in total. The number of hydrogen-bond acceptors (Lipinski definition) is 5. The molecule has 1 aromatic carbocycles. The summed E-state index contributed by atoms with van der Waals surface area (Å²) in [5.41, 5.74) is 2.80. The molecule has 0 unspecified atom stereocenters. The van der Waals surface area contributed by atoms with Crippen LogP contribution in [0.25, 0.3) is 0 Å². The van der Waals surface area contributed by atoms with Crippen molar-refractivity contribution in [3.8, 4) is 0 Å². The van der Waals surface area contributed by atoms with Gasteiger partial charge in [0.1, 0.15) is 0 Å². The summed E-state index contributed by atoms with van der Waals surface area (Å²) < 4.78 is 25.2. The maximum Gasteiger partial charge on any atom is 0.224 e. The average Bonchev–Trinajstić information content (AvgIpc) is 2.73. The fourth-order valence-electron chi connectivity index (χ4n) is 2.90. The molecule has 0 radical (unpaired) electrons. The summed E-state index contributed by atoms with van der Waals surface area (Å²) >= 11 is 0. The first-order valence-corrected chi connectivity index (χ1v) is 10.9. The van der Waals surface area contributed by atoms with E-state index in [0.717, 1.165) is 16.7 Å². The van der Waals surface area contributed by atoms with E-state index in [4.69, 9.17) is 0 Å². The molecule has 2 heterocycles. The minimum absolute atomic E-state index is 0.0818. The van der Waals surface area contributed by atoms with E-state index in [2.05, 4.69) is 9.97 Å². The zero-order valence-electron chi connectivity index (χ0n) is 16.2. The third-order valence-corrected chi connectivity index (χ3v) is 6.27. The van der Waals surface area contributed by atoms with Gasteiger partial charge in [-0.3, -0.25) is 14.8 Å². The molecule has 0 bridgehead atoms. The van der Waals surface area contributed by atoms with E-state index in [-0.39, 0.29) is 23.0 Å². The Kier molecular flexibility index (Phi) is 6.72. The number of aromatic nitrogens is 2. The first-order chi connectivity index (χ1) is 13.9. The predicted molar refractivity (Wildman–Crippen MR) is 111 cm³/mol. The van der Waals surface area contributed by atoms with Gasteiger partial charge in [0.2, 0.25) is 5.91 Å². The number of hydrogen-bond donors (Lipinski definition) is 0. The number of sulfone groups is 1. The molecular weight excluding hydrogens is 386 g/mol. The first kappa shape index (κ1) is 20.7. The van der Waals surface area contributed by atoms with Gasteiger partial charge in [-0.05, 0) is 48.4 Å². The van der Waals surface area contributed by atoms with Gasteiger partial charge in [0.05, 0.1) is 10.6 Å². The topological polar surface area (TPSA) is 80.2 Å². The molecule has 29 heavy (non-hydrogen) atoms. The van der Waals surface area contributed by atoms with Gasteiger partial charge in [0.25, 0.3) is 0 Å². The van der Waals surface area contributed by atoms with E-state index in [9.17, 15) is 13.2 Å². The lowest BCUT2D eigenvalue weighted by Gasteiger charge is -2.23. The molecule has 0 fully saturated rings. The van der Waals surface area contributed by atoms with Gasteiger partial charge in [-0.2, -0.15) is 0 Å².